The number of carbonyl (C=O) groups is 1. The molecule has 3 nitrogen and oxygen atoms in total. The van der Waals surface area contributed by atoms with E-state index in [-0.39, 0.29) is 11.3 Å². The second kappa shape index (κ2) is 5.96. The van der Waals surface area contributed by atoms with Crippen LogP contribution in [-0.4, -0.2) is 33.9 Å². The van der Waals surface area contributed by atoms with Gasteiger partial charge in [0, 0.05) is 26.0 Å². The maximum absolute atomic E-state index is 11.1. The quantitative estimate of drug-likeness (QED) is 0.813. The minimum absolute atomic E-state index is 0.217. The molecule has 0 bridgehead atoms. The Bertz CT molecular complexity index is 433. The molecule has 0 amide bonds. The van der Waals surface area contributed by atoms with E-state index in [0.717, 1.165) is 6.54 Å². The molecular formula is C14H18N2OS. The fourth-order valence-electron chi connectivity index (χ4n) is 1.90. The first-order chi connectivity index (χ1) is 8.66. The van der Waals surface area contributed by atoms with Crippen LogP contribution in [0.25, 0.3) is 0 Å². The Morgan fingerprint density at radius 3 is 2.67 bits per heavy atom. The third-order valence-electron chi connectivity index (χ3n) is 2.77. The molecule has 1 atom stereocenters. The summed E-state index contributed by atoms with van der Waals surface area (Å²) in [6.45, 7) is 2.51. The number of nitrogens with zero attached hydrogens (tertiary/aromatic N) is 2. The number of hydrogen-bond donors (Lipinski definition) is 0. The molecule has 1 aliphatic heterocycles. The maximum Gasteiger partial charge on any atom is 0.150 e. The molecule has 0 aromatic heterocycles. The zero-order valence-electron chi connectivity index (χ0n) is 10.7. The van der Waals surface area contributed by atoms with Gasteiger partial charge in [0.05, 0.1) is 5.75 Å². The van der Waals surface area contributed by atoms with Crippen molar-refractivity contribution in [2.24, 2.45) is 0 Å². The molecule has 2 rings (SSSR count). The van der Waals surface area contributed by atoms with Crippen molar-refractivity contribution in [1.29, 1.82) is 0 Å². The van der Waals surface area contributed by atoms with E-state index < -0.39 is 0 Å². The average Bonchev–Trinajstić information content (AvgIpc) is 2.69. The first-order valence-electron chi connectivity index (χ1n) is 5.98. The number of thioether (sulfide) groups is 1. The van der Waals surface area contributed by atoms with E-state index in [2.05, 4.69) is 46.5 Å². The molecule has 1 aliphatic rings. The largest absolute Gasteiger partial charge is 0.351 e. The van der Waals surface area contributed by atoms with Gasteiger partial charge in [0.2, 0.25) is 0 Å². The Hall–Kier alpha value is -1.42. The van der Waals surface area contributed by atoms with Crippen LogP contribution >= 0.6 is 11.8 Å². The average molecular weight is 262 g/mol. The summed E-state index contributed by atoms with van der Waals surface area (Å²) in [6.07, 6.45) is 4.14. The molecular weight excluding hydrogens is 244 g/mol. The summed E-state index contributed by atoms with van der Waals surface area (Å²) in [4.78, 5) is 15.5. The van der Waals surface area contributed by atoms with Gasteiger partial charge in [-0.15, -0.1) is 11.8 Å². The van der Waals surface area contributed by atoms with Gasteiger partial charge in [-0.3, -0.25) is 4.79 Å². The van der Waals surface area contributed by atoms with Crippen molar-refractivity contribution in [3.8, 4) is 0 Å². The molecule has 18 heavy (non-hydrogen) atoms. The highest BCUT2D eigenvalue weighted by molar-refractivity contribution is 8.00. The molecule has 0 saturated carbocycles. The summed E-state index contributed by atoms with van der Waals surface area (Å²) in [5.41, 5.74) is 1.50. The molecule has 0 aliphatic carbocycles. The smallest absolute Gasteiger partial charge is 0.150 e. The molecule has 0 fully saturated rings. The number of ketones is 1. The molecule has 0 saturated heterocycles. The normalized spacial score (nSPS) is 18.4. The van der Waals surface area contributed by atoms with Crippen LogP contribution in [-0.2, 0) is 11.3 Å². The lowest BCUT2D eigenvalue weighted by Crippen LogP contribution is -2.33. The number of carbonyl (C=O) groups excluding carboxylic acids is 1. The third kappa shape index (κ3) is 3.29. The molecule has 1 heterocycles. The van der Waals surface area contributed by atoms with Gasteiger partial charge in [-0.1, -0.05) is 30.3 Å². The lowest BCUT2D eigenvalue weighted by Gasteiger charge is -2.29. The summed E-state index contributed by atoms with van der Waals surface area (Å²) < 4.78 is 0. The van der Waals surface area contributed by atoms with Gasteiger partial charge in [0.15, 0.2) is 0 Å². The summed E-state index contributed by atoms with van der Waals surface area (Å²) >= 11 is 1.67. The number of rotatable bonds is 5. The first-order valence-corrected chi connectivity index (χ1v) is 7.02. The van der Waals surface area contributed by atoms with Crippen molar-refractivity contribution in [1.82, 2.24) is 9.80 Å². The topological polar surface area (TPSA) is 23.6 Å². The van der Waals surface area contributed by atoms with Crippen LogP contribution in [0.3, 0.4) is 0 Å². The van der Waals surface area contributed by atoms with E-state index in [4.69, 9.17) is 0 Å². The molecule has 1 unspecified atom stereocenters. The van der Waals surface area contributed by atoms with Crippen LogP contribution in [0.15, 0.2) is 42.7 Å². The second-order valence-electron chi connectivity index (χ2n) is 4.46. The zero-order valence-corrected chi connectivity index (χ0v) is 11.6. The third-order valence-corrected chi connectivity index (χ3v) is 4.24. The van der Waals surface area contributed by atoms with Gasteiger partial charge in [-0.2, -0.15) is 0 Å². The standard InChI is InChI=1S/C14H18N2OS/c1-12(17)11-18-14-15(2)8-9-16(14)10-13-6-4-3-5-7-13/h3-9,14H,10-11H2,1-2H3. The summed E-state index contributed by atoms with van der Waals surface area (Å²) in [6, 6.07) is 10.4. The van der Waals surface area contributed by atoms with E-state index in [1.165, 1.54) is 5.56 Å². The Labute approximate surface area is 112 Å². The Morgan fingerprint density at radius 1 is 1.28 bits per heavy atom. The highest BCUT2D eigenvalue weighted by Crippen LogP contribution is 2.26. The summed E-state index contributed by atoms with van der Waals surface area (Å²) in [7, 11) is 2.04. The lowest BCUT2D eigenvalue weighted by molar-refractivity contribution is -0.114. The predicted molar refractivity (Wildman–Crippen MR) is 75.8 cm³/mol. The monoisotopic (exact) mass is 262 g/mol. The van der Waals surface area contributed by atoms with Crippen molar-refractivity contribution in [3.63, 3.8) is 0 Å². The van der Waals surface area contributed by atoms with E-state index in [1.807, 2.05) is 13.1 Å². The van der Waals surface area contributed by atoms with Crippen LogP contribution in [0, 0.1) is 0 Å². The Balaban J connectivity index is 1.98. The van der Waals surface area contributed by atoms with E-state index >= 15 is 0 Å². The first kappa shape index (κ1) is 13.0. The van der Waals surface area contributed by atoms with Crippen LogP contribution in [0.4, 0.5) is 0 Å². The molecule has 0 radical (unpaired) electrons. The molecule has 4 heteroatoms. The molecule has 96 valence electrons. The Kier molecular flexibility index (Phi) is 4.31. The van der Waals surface area contributed by atoms with Gasteiger partial charge in [0.25, 0.3) is 0 Å². The highest BCUT2D eigenvalue weighted by atomic mass is 32.2. The Morgan fingerprint density at radius 2 is 2.00 bits per heavy atom. The fourth-order valence-corrected chi connectivity index (χ4v) is 2.93. The zero-order chi connectivity index (χ0) is 13.0. The number of benzene rings is 1. The highest BCUT2D eigenvalue weighted by Gasteiger charge is 2.24. The van der Waals surface area contributed by atoms with E-state index in [0.29, 0.717) is 5.75 Å². The second-order valence-corrected chi connectivity index (χ2v) is 5.50. The van der Waals surface area contributed by atoms with Gasteiger partial charge >= 0.3 is 0 Å². The van der Waals surface area contributed by atoms with Crippen LogP contribution in [0.5, 0.6) is 0 Å². The van der Waals surface area contributed by atoms with Crippen LogP contribution in [0.1, 0.15) is 12.5 Å². The number of hydrogen-bond acceptors (Lipinski definition) is 4. The lowest BCUT2D eigenvalue weighted by atomic mass is 10.2. The number of Topliss-reactive ketones (excluding diaryl/α,β-unsaturated/α-hetero) is 1. The SMILES string of the molecule is CC(=O)CSC1N(C)C=CN1Cc1ccccc1. The van der Waals surface area contributed by atoms with E-state index in [1.54, 1.807) is 18.7 Å². The van der Waals surface area contributed by atoms with Gasteiger partial charge < -0.3 is 9.80 Å². The van der Waals surface area contributed by atoms with Crippen molar-refractivity contribution in [2.75, 3.05) is 12.8 Å². The summed E-state index contributed by atoms with van der Waals surface area (Å²) in [5.74, 6) is 0.780. The van der Waals surface area contributed by atoms with Crippen molar-refractivity contribution < 1.29 is 4.79 Å². The van der Waals surface area contributed by atoms with Gasteiger partial charge in [0.1, 0.15) is 11.3 Å². The summed E-state index contributed by atoms with van der Waals surface area (Å²) in [5, 5.41) is 0. The maximum atomic E-state index is 11.1. The van der Waals surface area contributed by atoms with Crippen molar-refractivity contribution in [2.45, 2.75) is 19.0 Å². The fraction of sp³-hybridized carbons (Fsp3) is 0.357. The van der Waals surface area contributed by atoms with Gasteiger partial charge in [-0.05, 0) is 12.5 Å². The molecule has 0 N–H and O–H groups in total. The minimum atomic E-state index is 0.217. The van der Waals surface area contributed by atoms with Crippen molar-refractivity contribution in [3.05, 3.63) is 48.3 Å². The molecule has 1 aromatic carbocycles. The van der Waals surface area contributed by atoms with Crippen LogP contribution < -0.4 is 0 Å². The van der Waals surface area contributed by atoms with Crippen LogP contribution in [0.2, 0.25) is 0 Å². The molecule has 0 spiro atoms. The predicted octanol–water partition coefficient (Wildman–Crippen LogP) is 2.51. The van der Waals surface area contributed by atoms with Gasteiger partial charge in [-0.25, -0.2) is 0 Å². The van der Waals surface area contributed by atoms with E-state index in [9.17, 15) is 4.79 Å². The van der Waals surface area contributed by atoms with Crippen molar-refractivity contribution >= 4 is 17.5 Å². The minimum Gasteiger partial charge on any atom is -0.351 e. The molecule has 1 aromatic rings.